The summed E-state index contributed by atoms with van der Waals surface area (Å²) in [5.41, 5.74) is 1.38. The Hall–Kier alpha value is -2.34. The number of ether oxygens (including phenoxy) is 2. The summed E-state index contributed by atoms with van der Waals surface area (Å²) in [7, 11) is 1.61. The molecule has 1 amide bonds. The van der Waals surface area contributed by atoms with Gasteiger partial charge in [-0.25, -0.2) is 4.68 Å². The monoisotopic (exact) mass is 287 g/mol. The molecule has 6 heteroatoms. The molecule has 0 bridgehead atoms. The number of carbonyl (C=O) groups is 1. The van der Waals surface area contributed by atoms with Gasteiger partial charge in [0.05, 0.1) is 32.1 Å². The number of morpholine rings is 1. The Morgan fingerprint density at radius 3 is 2.81 bits per heavy atom. The van der Waals surface area contributed by atoms with Gasteiger partial charge in [-0.15, -0.1) is 0 Å². The Morgan fingerprint density at radius 1 is 1.29 bits per heavy atom. The highest BCUT2D eigenvalue weighted by Crippen LogP contribution is 2.21. The molecule has 1 aromatic carbocycles. The maximum atomic E-state index is 12.4. The second kappa shape index (κ2) is 5.97. The molecule has 1 aromatic heterocycles. The SMILES string of the molecule is COc1ccccc1-n1cc(C(=O)N2CCOCC2)cn1. The summed E-state index contributed by atoms with van der Waals surface area (Å²) in [6.07, 6.45) is 3.32. The van der Waals surface area contributed by atoms with Gasteiger partial charge in [-0.1, -0.05) is 12.1 Å². The number of carbonyl (C=O) groups excluding carboxylic acids is 1. The first-order valence-electron chi connectivity index (χ1n) is 6.84. The average molecular weight is 287 g/mol. The van der Waals surface area contributed by atoms with Crippen LogP contribution in [0.3, 0.4) is 0 Å². The van der Waals surface area contributed by atoms with E-state index >= 15 is 0 Å². The summed E-state index contributed by atoms with van der Waals surface area (Å²) in [5, 5.41) is 4.27. The fourth-order valence-electron chi connectivity index (χ4n) is 2.33. The maximum Gasteiger partial charge on any atom is 0.257 e. The van der Waals surface area contributed by atoms with Gasteiger partial charge in [-0.3, -0.25) is 4.79 Å². The molecule has 110 valence electrons. The van der Waals surface area contributed by atoms with E-state index in [4.69, 9.17) is 9.47 Å². The Balaban J connectivity index is 1.84. The van der Waals surface area contributed by atoms with Crippen LogP contribution in [-0.4, -0.2) is 54.0 Å². The van der Waals surface area contributed by atoms with Gasteiger partial charge in [0, 0.05) is 19.3 Å². The number of para-hydroxylation sites is 2. The lowest BCUT2D eigenvalue weighted by atomic mass is 10.2. The highest BCUT2D eigenvalue weighted by atomic mass is 16.5. The topological polar surface area (TPSA) is 56.6 Å². The zero-order valence-electron chi connectivity index (χ0n) is 11.9. The van der Waals surface area contributed by atoms with Crippen LogP contribution in [0.25, 0.3) is 5.69 Å². The summed E-state index contributed by atoms with van der Waals surface area (Å²) in [4.78, 5) is 14.2. The number of methoxy groups -OCH3 is 1. The lowest BCUT2D eigenvalue weighted by Crippen LogP contribution is -2.40. The van der Waals surface area contributed by atoms with E-state index in [1.54, 1.807) is 29.1 Å². The third-order valence-electron chi connectivity index (χ3n) is 3.46. The minimum atomic E-state index is -0.0144. The number of hydrogen-bond donors (Lipinski definition) is 0. The molecule has 0 saturated carbocycles. The third kappa shape index (κ3) is 2.75. The first-order chi connectivity index (χ1) is 10.3. The fraction of sp³-hybridized carbons (Fsp3) is 0.333. The molecule has 0 atom stereocenters. The zero-order valence-corrected chi connectivity index (χ0v) is 11.9. The molecule has 6 nitrogen and oxygen atoms in total. The number of nitrogens with zero attached hydrogens (tertiary/aromatic N) is 3. The second-order valence-electron chi connectivity index (χ2n) is 4.75. The average Bonchev–Trinajstić information content (AvgIpc) is 3.04. The van der Waals surface area contributed by atoms with E-state index in [1.165, 1.54) is 0 Å². The molecule has 21 heavy (non-hydrogen) atoms. The van der Waals surface area contributed by atoms with Crippen molar-refractivity contribution in [3.63, 3.8) is 0 Å². The lowest BCUT2D eigenvalue weighted by molar-refractivity contribution is 0.0303. The molecule has 0 spiro atoms. The van der Waals surface area contributed by atoms with Gasteiger partial charge in [0.2, 0.25) is 0 Å². The fourth-order valence-corrected chi connectivity index (χ4v) is 2.33. The zero-order chi connectivity index (χ0) is 14.7. The molecule has 0 N–H and O–H groups in total. The summed E-state index contributed by atoms with van der Waals surface area (Å²) in [6, 6.07) is 7.56. The van der Waals surface area contributed by atoms with Gasteiger partial charge in [-0.05, 0) is 12.1 Å². The number of aromatic nitrogens is 2. The van der Waals surface area contributed by atoms with Crippen LogP contribution in [0.1, 0.15) is 10.4 Å². The maximum absolute atomic E-state index is 12.4. The van der Waals surface area contributed by atoms with E-state index in [0.717, 1.165) is 5.69 Å². The van der Waals surface area contributed by atoms with Crippen molar-refractivity contribution in [1.29, 1.82) is 0 Å². The standard InChI is InChI=1S/C15H17N3O3/c1-20-14-5-3-2-4-13(14)18-11-12(10-16-18)15(19)17-6-8-21-9-7-17/h2-5,10-11H,6-9H2,1H3. The van der Waals surface area contributed by atoms with Crippen LogP contribution in [-0.2, 0) is 4.74 Å². The summed E-state index contributed by atoms with van der Waals surface area (Å²) in [6.45, 7) is 2.43. The van der Waals surface area contributed by atoms with Gasteiger partial charge in [0.15, 0.2) is 0 Å². The summed E-state index contributed by atoms with van der Waals surface area (Å²) < 4.78 is 12.2. The van der Waals surface area contributed by atoms with Gasteiger partial charge in [-0.2, -0.15) is 5.10 Å². The van der Waals surface area contributed by atoms with E-state index in [0.29, 0.717) is 37.6 Å². The Bertz CT molecular complexity index is 633. The number of rotatable bonds is 3. The highest BCUT2D eigenvalue weighted by molar-refractivity contribution is 5.93. The molecule has 2 heterocycles. The van der Waals surface area contributed by atoms with E-state index in [2.05, 4.69) is 5.10 Å². The minimum absolute atomic E-state index is 0.0144. The smallest absolute Gasteiger partial charge is 0.257 e. The summed E-state index contributed by atoms with van der Waals surface area (Å²) >= 11 is 0. The minimum Gasteiger partial charge on any atom is -0.494 e. The Labute approximate surface area is 122 Å². The second-order valence-corrected chi connectivity index (χ2v) is 4.75. The van der Waals surface area contributed by atoms with E-state index < -0.39 is 0 Å². The first kappa shape index (κ1) is 13.6. The molecular formula is C15H17N3O3. The molecule has 0 aliphatic carbocycles. The normalized spacial score (nSPS) is 15.0. The van der Waals surface area contributed by atoms with Crippen LogP contribution in [0.15, 0.2) is 36.7 Å². The van der Waals surface area contributed by atoms with E-state index in [1.807, 2.05) is 24.3 Å². The van der Waals surface area contributed by atoms with Crippen LogP contribution in [0.2, 0.25) is 0 Å². The third-order valence-corrected chi connectivity index (χ3v) is 3.46. The van der Waals surface area contributed by atoms with Crippen LogP contribution in [0.5, 0.6) is 5.75 Å². The molecule has 0 unspecified atom stereocenters. The molecule has 1 aliphatic rings. The van der Waals surface area contributed by atoms with Crippen molar-refractivity contribution in [1.82, 2.24) is 14.7 Å². The highest BCUT2D eigenvalue weighted by Gasteiger charge is 2.20. The first-order valence-corrected chi connectivity index (χ1v) is 6.84. The number of hydrogen-bond acceptors (Lipinski definition) is 4. The number of benzene rings is 1. The number of amides is 1. The van der Waals surface area contributed by atoms with Crippen LogP contribution < -0.4 is 4.74 Å². The molecule has 1 saturated heterocycles. The predicted molar refractivity (Wildman–Crippen MR) is 76.8 cm³/mol. The van der Waals surface area contributed by atoms with E-state index in [9.17, 15) is 4.79 Å². The van der Waals surface area contributed by atoms with Crippen molar-refractivity contribution < 1.29 is 14.3 Å². The van der Waals surface area contributed by atoms with Crippen LogP contribution in [0, 0.1) is 0 Å². The summed E-state index contributed by atoms with van der Waals surface area (Å²) in [5.74, 6) is 0.699. The van der Waals surface area contributed by atoms with Crippen molar-refractivity contribution >= 4 is 5.91 Å². The Morgan fingerprint density at radius 2 is 2.05 bits per heavy atom. The van der Waals surface area contributed by atoms with Crippen molar-refractivity contribution in [3.05, 3.63) is 42.2 Å². The molecule has 3 rings (SSSR count). The molecule has 1 aliphatic heterocycles. The van der Waals surface area contributed by atoms with Gasteiger partial charge >= 0.3 is 0 Å². The van der Waals surface area contributed by atoms with Crippen molar-refractivity contribution in [2.75, 3.05) is 33.4 Å². The lowest BCUT2D eigenvalue weighted by Gasteiger charge is -2.26. The molecule has 2 aromatic rings. The molecular weight excluding hydrogens is 270 g/mol. The van der Waals surface area contributed by atoms with Crippen molar-refractivity contribution in [3.8, 4) is 11.4 Å². The van der Waals surface area contributed by atoms with Gasteiger partial charge < -0.3 is 14.4 Å². The van der Waals surface area contributed by atoms with E-state index in [-0.39, 0.29) is 5.91 Å². The van der Waals surface area contributed by atoms with Gasteiger partial charge in [0.25, 0.3) is 5.91 Å². The Kier molecular flexibility index (Phi) is 3.87. The molecule has 1 fully saturated rings. The largest absolute Gasteiger partial charge is 0.494 e. The van der Waals surface area contributed by atoms with Crippen LogP contribution >= 0.6 is 0 Å². The predicted octanol–water partition coefficient (Wildman–Crippen LogP) is 1.35. The van der Waals surface area contributed by atoms with Crippen LogP contribution in [0.4, 0.5) is 0 Å². The quantitative estimate of drug-likeness (QED) is 0.855. The van der Waals surface area contributed by atoms with Crippen molar-refractivity contribution in [2.45, 2.75) is 0 Å². The van der Waals surface area contributed by atoms with Crippen molar-refractivity contribution in [2.24, 2.45) is 0 Å². The van der Waals surface area contributed by atoms with Gasteiger partial charge in [0.1, 0.15) is 11.4 Å². The molecule has 0 radical (unpaired) electrons.